The number of halogens is 3. The van der Waals surface area contributed by atoms with E-state index in [1.165, 1.54) is 0 Å². The Morgan fingerprint density at radius 3 is 2.27 bits per heavy atom. The highest BCUT2D eigenvalue weighted by molar-refractivity contribution is 6.39. The second kappa shape index (κ2) is 8.38. The van der Waals surface area contributed by atoms with Gasteiger partial charge < -0.3 is 15.5 Å². The molecule has 1 aromatic carbocycles. The molecule has 0 bridgehead atoms. The third kappa shape index (κ3) is 4.73. The van der Waals surface area contributed by atoms with Crippen LogP contribution in [0.2, 0.25) is 0 Å². The maximum Gasteiger partial charge on any atom is 0.313 e. The van der Waals surface area contributed by atoms with Crippen LogP contribution in [0, 0.1) is 17.5 Å². The maximum atomic E-state index is 13.4. The van der Waals surface area contributed by atoms with Gasteiger partial charge in [-0.15, -0.1) is 0 Å². The lowest BCUT2D eigenvalue weighted by molar-refractivity contribution is -0.136. The largest absolute Gasteiger partial charge is 0.347 e. The molecule has 1 rings (SSSR count). The highest BCUT2D eigenvalue weighted by Gasteiger charge is 2.19. The molecule has 0 aromatic heterocycles. The fourth-order valence-corrected chi connectivity index (χ4v) is 1.75. The SMILES string of the molecule is CCN(CC)CCNC(=O)C(=O)Nc1ccc(F)c(F)c1F. The Kier molecular flexibility index (Phi) is 6.84. The molecule has 0 heterocycles. The van der Waals surface area contributed by atoms with Crippen LogP contribution in [-0.4, -0.2) is 42.9 Å². The van der Waals surface area contributed by atoms with Gasteiger partial charge in [0, 0.05) is 13.1 Å². The van der Waals surface area contributed by atoms with E-state index in [1.54, 1.807) is 0 Å². The summed E-state index contributed by atoms with van der Waals surface area (Å²) in [5.41, 5.74) is -0.595. The molecule has 22 heavy (non-hydrogen) atoms. The van der Waals surface area contributed by atoms with Gasteiger partial charge in [0.25, 0.3) is 0 Å². The standard InChI is InChI=1S/C14H18F3N3O2/c1-3-20(4-2)8-7-18-13(21)14(22)19-10-6-5-9(15)11(16)12(10)17/h5-6H,3-4,7-8H2,1-2H3,(H,18,21)(H,19,22). The smallest absolute Gasteiger partial charge is 0.313 e. The summed E-state index contributed by atoms with van der Waals surface area (Å²) in [7, 11) is 0. The molecular formula is C14H18F3N3O2. The normalized spacial score (nSPS) is 10.6. The highest BCUT2D eigenvalue weighted by atomic mass is 19.2. The van der Waals surface area contributed by atoms with Crippen LogP contribution in [0.4, 0.5) is 18.9 Å². The van der Waals surface area contributed by atoms with Crippen molar-refractivity contribution in [1.29, 1.82) is 0 Å². The average molecular weight is 317 g/mol. The molecule has 0 fully saturated rings. The second-order valence-corrected chi connectivity index (χ2v) is 4.46. The van der Waals surface area contributed by atoms with E-state index in [1.807, 2.05) is 24.1 Å². The van der Waals surface area contributed by atoms with Gasteiger partial charge in [0.15, 0.2) is 17.5 Å². The lowest BCUT2D eigenvalue weighted by Crippen LogP contribution is -2.40. The van der Waals surface area contributed by atoms with Gasteiger partial charge in [-0.25, -0.2) is 13.2 Å². The molecule has 122 valence electrons. The number of nitrogens with one attached hydrogen (secondary N) is 2. The average Bonchev–Trinajstić information content (AvgIpc) is 2.51. The monoisotopic (exact) mass is 317 g/mol. The van der Waals surface area contributed by atoms with E-state index in [4.69, 9.17) is 0 Å². The second-order valence-electron chi connectivity index (χ2n) is 4.46. The predicted octanol–water partition coefficient (Wildman–Crippen LogP) is 1.50. The van der Waals surface area contributed by atoms with Gasteiger partial charge in [-0.05, 0) is 25.2 Å². The van der Waals surface area contributed by atoms with Crippen molar-refractivity contribution in [3.63, 3.8) is 0 Å². The third-order valence-electron chi connectivity index (χ3n) is 3.10. The van der Waals surface area contributed by atoms with Crippen LogP contribution < -0.4 is 10.6 Å². The summed E-state index contributed by atoms with van der Waals surface area (Å²) in [5.74, 6) is -6.76. The number of nitrogens with zero attached hydrogens (tertiary/aromatic N) is 1. The van der Waals surface area contributed by atoms with E-state index in [0.717, 1.165) is 19.2 Å². The topological polar surface area (TPSA) is 61.4 Å². The summed E-state index contributed by atoms with van der Waals surface area (Å²) >= 11 is 0. The van der Waals surface area contributed by atoms with Crippen molar-refractivity contribution >= 4 is 17.5 Å². The minimum Gasteiger partial charge on any atom is -0.347 e. The molecule has 8 heteroatoms. The Labute approximate surface area is 126 Å². The first kappa shape index (κ1) is 18.0. The van der Waals surface area contributed by atoms with Crippen molar-refractivity contribution < 1.29 is 22.8 Å². The van der Waals surface area contributed by atoms with Crippen LogP contribution in [0.5, 0.6) is 0 Å². The number of rotatable bonds is 6. The minimum absolute atomic E-state index is 0.244. The summed E-state index contributed by atoms with van der Waals surface area (Å²) in [6.45, 7) is 6.34. The van der Waals surface area contributed by atoms with E-state index in [2.05, 4.69) is 5.32 Å². The molecule has 0 unspecified atom stereocenters. The molecule has 2 N–H and O–H groups in total. The summed E-state index contributed by atoms with van der Waals surface area (Å²) in [5, 5.41) is 4.26. The van der Waals surface area contributed by atoms with Gasteiger partial charge in [-0.2, -0.15) is 0 Å². The molecule has 0 saturated carbocycles. The molecule has 0 aliphatic heterocycles. The number of carbonyl (C=O) groups excluding carboxylic acids is 2. The summed E-state index contributed by atoms with van der Waals surface area (Å²) in [6.07, 6.45) is 0. The van der Waals surface area contributed by atoms with Crippen LogP contribution in [0.15, 0.2) is 12.1 Å². The molecule has 0 radical (unpaired) electrons. The summed E-state index contributed by atoms with van der Waals surface area (Å²) < 4.78 is 39.1. The Morgan fingerprint density at radius 1 is 1.05 bits per heavy atom. The number of carbonyl (C=O) groups is 2. The number of anilines is 1. The van der Waals surface area contributed by atoms with Gasteiger partial charge in [-0.1, -0.05) is 13.8 Å². The molecule has 1 aromatic rings. The van der Waals surface area contributed by atoms with Gasteiger partial charge in [0.2, 0.25) is 0 Å². The number of hydrogen-bond acceptors (Lipinski definition) is 3. The van der Waals surface area contributed by atoms with Crippen LogP contribution >= 0.6 is 0 Å². The lowest BCUT2D eigenvalue weighted by Gasteiger charge is -2.17. The molecule has 5 nitrogen and oxygen atoms in total. The van der Waals surface area contributed by atoms with Crippen molar-refractivity contribution in [2.75, 3.05) is 31.5 Å². The summed E-state index contributed by atoms with van der Waals surface area (Å²) in [4.78, 5) is 25.1. The van der Waals surface area contributed by atoms with E-state index in [9.17, 15) is 22.8 Å². The lowest BCUT2D eigenvalue weighted by atomic mass is 10.2. The van der Waals surface area contributed by atoms with Crippen molar-refractivity contribution in [3.8, 4) is 0 Å². The minimum atomic E-state index is -1.71. The molecule has 0 atom stereocenters. The van der Waals surface area contributed by atoms with Crippen LogP contribution in [-0.2, 0) is 9.59 Å². The van der Waals surface area contributed by atoms with Gasteiger partial charge in [-0.3, -0.25) is 9.59 Å². The number of hydrogen-bond donors (Lipinski definition) is 2. The number of amides is 2. The Morgan fingerprint density at radius 2 is 1.68 bits per heavy atom. The van der Waals surface area contributed by atoms with Crippen LogP contribution in [0.25, 0.3) is 0 Å². The van der Waals surface area contributed by atoms with E-state index >= 15 is 0 Å². The van der Waals surface area contributed by atoms with E-state index in [-0.39, 0.29) is 6.54 Å². The van der Waals surface area contributed by atoms with E-state index in [0.29, 0.717) is 12.6 Å². The van der Waals surface area contributed by atoms with Crippen molar-refractivity contribution in [2.45, 2.75) is 13.8 Å². The van der Waals surface area contributed by atoms with Crippen LogP contribution in [0.1, 0.15) is 13.8 Å². The molecule has 0 aliphatic carbocycles. The zero-order chi connectivity index (χ0) is 16.7. The van der Waals surface area contributed by atoms with Gasteiger partial charge in [0.1, 0.15) is 0 Å². The van der Waals surface area contributed by atoms with Crippen molar-refractivity contribution in [1.82, 2.24) is 10.2 Å². The fraction of sp³-hybridized carbons (Fsp3) is 0.429. The zero-order valence-electron chi connectivity index (χ0n) is 12.4. The van der Waals surface area contributed by atoms with Gasteiger partial charge in [0.05, 0.1) is 5.69 Å². The van der Waals surface area contributed by atoms with E-state index < -0.39 is 35.0 Å². The van der Waals surface area contributed by atoms with Gasteiger partial charge >= 0.3 is 11.8 Å². The Hall–Kier alpha value is -2.09. The fourth-order valence-electron chi connectivity index (χ4n) is 1.75. The predicted molar refractivity (Wildman–Crippen MR) is 75.7 cm³/mol. The number of benzene rings is 1. The Balaban J connectivity index is 2.55. The number of likely N-dealkylation sites (N-methyl/N-ethyl adjacent to an activating group) is 1. The van der Waals surface area contributed by atoms with Crippen molar-refractivity contribution in [2.24, 2.45) is 0 Å². The molecule has 0 aliphatic rings. The summed E-state index contributed by atoms with van der Waals surface area (Å²) in [6, 6.07) is 1.50. The van der Waals surface area contributed by atoms with Crippen LogP contribution in [0.3, 0.4) is 0 Å². The maximum absolute atomic E-state index is 13.4. The quantitative estimate of drug-likeness (QED) is 0.617. The first-order valence-electron chi connectivity index (χ1n) is 6.85. The molecule has 2 amide bonds. The highest BCUT2D eigenvalue weighted by Crippen LogP contribution is 2.19. The molecule has 0 saturated heterocycles. The molecular weight excluding hydrogens is 299 g/mol. The first-order chi connectivity index (χ1) is 10.4. The third-order valence-corrected chi connectivity index (χ3v) is 3.10. The molecule has 0 spiro atoms. The Bertz CT molecular complexity index is 548. The first-order valence-corrected chi connectivity index (χ1v) is 6.85. The zero-order valence-corrected chi connectivity index (χ0v) is 12.4. The van der Waals surface area contributed by atoms with Crippen molar-refractivity contribution in [3.05, 3.63) is 29.6 Å².